The van der Waals surface area contributed by atoms with Crippen molar-refractivity contribution >= 4 is 5.91 Å². The second kappa shape index (κ2) is 7.46. The molecular weight excluding hydrogens is 266 g/mol. The Hall–Kier alpha value is -1.55. The van der Waals surface area contributed by atoms with Gasteiger partial charge in [0.05, 0.1) is 7.11 Å². The summed E-state index contributed by atoms with van der Waals surface area (Å²) in [6.45, 7) is 4.57. The molecule has 0 unspecified atom stereocenters. The lowest BCUT2D eigenvalue weighted by Crippen LogP contribution is -2.39. The largest absolute Gasteiger partial charge is 0.497 e. The molecule has 0 aliphatic carbocycles. The zero-order chi connectivity index (χ0) is 15.1. The molecule has 0 bridgehead atoms. The van der Waals surface area contributed by atoms with Crippen molar-refractivity contribution in [1.82, 2.24) is 5.32 Å². The molecule has 1 fully saturated rings. The highest BCUT2D eigenvalue weighted by atomic mass is 16.5. The summed E-state index contributed by atoms with van der Waals surface area (Å²) in [6, 6.07) is 7.87. The molecule has 4 heteroatoms. The fraction of sp³-hybridized carbons (Fsp3) is 0.588. The van der Waals surface area contributed by atoms with Crippen molar-refractivity contribution in [3.05, 3.63) is 29.8 Å². The molecule has 2 rings (SSSR count). The number of nitrogens with one attached hydrogen (secondary N) is 1. The van der Waals surface area contributed by atoms with Crippen LogP contribution in [0.1, 0.15) is 31.7 Å². The number of rotatable bonds is 6. The Labute approximate surface area is 126 Å². The van der Waals surface area contributed by atoms with Crippen molar-refractivity contribution in [3.63, 3.8) is 0 Å². The van der Waals surface area contributed by atoms with Gasteiger partial charge in [0, 0.05) is 26.2 Å². The minimum absolute atomic E-state index is 0.116. The third kappa shape index (κ3) is 5.05. The molecule has 1 aromatic carbocycles. The minimum Gasteiger partial charge on any atom is -0.497 e. The van der Waals surface area contributed by atoms with Crippen LogP contribution in [0.3, 0.4) is 0 Å². The molecule has 0 spiro atoms. The number of carbonyl (C=O) groups is 1. The molecule has 1 aromatic rings. The first kappa shape index (κ1) is 15.8. The van der Waals surface area contributed by atoms with E-state index in [0.717, 1.165) is 50.3 Å². The fourth-order valence-corrected chi connectivity index (χ4v) is 2.53. The SMILES string of the molecule is COc1cccc(CCC(=O)NCC2(C)CCOCC2)c1. The Kier molecular flexibility index (Phi) is 5.62. The average Bonchev–Trinajstić information content (AvgIpc) is 2.52. The van der Waals surface area contributed by atoms with Crippen LogP contribution < -0.4 is 10.1 Å². The molecular formula is C17H25NO3. The monoisotopic (exact) mass is 291 g/mol. The Morgan fingerprint density at radius 1 is 1.38 bits per heavy atom. The van der Waals surface area contributed by atoms with Crippen molar-refractivity contribution in [2.75, 3.05) is 26.9 Å². The Bertz CT molecular complexity index is 467. The maximum atomic E-state index is 12.0. The summed E-state index contributed by atoms with van der Waals surface area (Å²) in [4.78, 5) is 12.0. The zero-order valence-electron chi connectivity index (χ0n) is 13.0. The lowest BCUT2D eigenvalue weighted by Gasteiger charge is -2.33. The third-order valence-electron chi connectivity index (χ3n) is 4.19. The standard InChI is InChI=1S/C17H25NO3/c1-17(8-10-21-11-9-17)13-18-16(19)7-6-14-4-3-5-15(12-14)20-2/h3-5,12H,6-11,13H2,1-2H3,(H,18,19). The smallest absolute Gasteiger partial charge is 0.220 e. The summed E-state index contributed by atoms with van der Waals surface area (Å²) in [5.41, 5.74) is 1.31. The molecule has 1 aliphatic heterocycles. The second-order valence-electron chi connectivity index (χ2n) is 6.05. The third-order valence-corrected chi connectivity index (χ3v) is 4.19. The van der Waals surface area contributed by atoms with E-state index in [1.54, 1.807) is 7.11 Å². The van der Waals surface area contributed by atoms with Gasteiger partial charge in [-0.2, -0.15) is 0 Å². The molecule has 0 saturated carbocycles. The summed E-state index contributed by atoms with van der Waals surface area (Å²) in [7, 11) is 1.65. The number of aryl methyl sites for hydroxylation is 1. The number of carbonyl (C=O) groups excluding carboxylic acids is 1. The van der Waals surface area contributed by atoms with Gasteiger partial charge in [-0.1, -0.05) is 19.1 Å². The maximum Gasteiger partial charge on any atom is 0.220 e. The van der Waals surface area contributed by atoms with Gasteiger partial charge in [-0.3, -0.25) is 4.79 Å². The average molecular weight is 291 g/mol. The molecule has 116 valence electrons. The van der Waals surface area contributed by atoms with Gasteiger partial charge in [0.15, 0.2) is 0 Å². The first-order valence-corrected chi connectivity index (χ1v) is 7.59. The van der Waals surface area contributed by atoms with E-state index in [1.807, 2.05) is 24.3 Å². The summed E-state index contributed by atoms with van der Waals surface area (Å²) in [5, 5.41) is 3.07. The highest BCUT2D eigenvalue weighted by molar-refractivity contribution is 5.76. The topological polar surface area (TPSA) is 47.6 Å². The molecule has 1 aliphatic rings. The van der Waals surface area contributed by atoms with Crippen molar-refractivity contribution in [3.8, 4) is 5.75 Å². The van der Waals surface area contributed by atoms with Gasteiger partial charge in [-0.05, 0) is 42.4 Å². The molecule has 0 aromatic heterocycles. The number of hydrogen-bond acceptors (Lipinski definition) is 3. The molecule has 1 saturated heterocycles. The molecule has 0 radical (unpaired) electrons. The van der Waals surface area contributed by atoms with Gasteiger partial charge in [0.25, 0.3) is 0 Å². The van der Waals surface area contributed by atoms with Gasteiger partial charge < -0.3 is 14.8 Å². The van der Waals surface area contributed by atoms with Crippen LogP contribution in [0, 0.1) is 5.41 Å². The lowest BCUT2D eigenvalue weighted by molar-refractivity contribution is -0.121. The quantitative estimate of drug-likeness (QED) is 0.876. The van der Waals surface area contributed by atoms with Gasteiger partial charge in [-0.15, -0.1) is 0 Å². The summed E-state index contributed by atoms with van der Waals surface area (Å²) >= 11 is 0. The number of methoxy groups -OCH3 is 1. The van der Waals surface area contributed by atoms with E-state index in [-0.39, 0.29) is 11.3 Å². The van der Waals surface area contributed by atoms with E-state index in [0.29, 0.717) is 6.42 Å². The maximum absolute atomic E-state index is 12.0. The van der Waals surface area contributed by atoms with E-state index in [4.69, 9.17) is 9.47 Å². The van der Waals surface area contributed by atoms with E-state index in [9.17, 15) is 4.79 Å². The molecule has 1 N–H and O–H groups in total. The van der Waals surface area contributed by atoms with Crippen LogP contribution >= 0.6 is 0 Å². The first-order valence-electron chi connectivity index (χ1n) is 7.59. The normalized spacial score (nSPS) is 17.2. The Balaban J connectivity index is 1.74. The van der Waals surface area contributed by atoms with Crippen LogP contribution in [0.5, 0.6) is 5.75 Å². The van der Waals surface area contributed by atoms with Gasteiger partial charge in [-0.25, -0.2) is 0 Å². The van der Waals surface area contributed by atoms with E-state index in [1.165, 1.54) is 0 Å². The number of benzene rings is 1. The van der Waals surface area contributed by atoms with E-state index >= 15 is 0 Å². The van der Waals surface area contributed by atoms with Gasteiger partial charge in [0.1, 0.15) is 5.75 Å². The van der Waals surface area contributed by atoms with Crippen molar-refractivity contribution in [2.45, 2.75) is 32.6 Å². The summed E-state index contributed by atoms with van der Waals surface area (Å²) < 4.78 is 10.6. The van der Waals surface area contributed by atoms with Crippen molar-refractivity contribution in [2.24, 2.45) is 5.41 Å². The van der Waals surface area contributed by atoms with Crippen LogP contribution in [0.25, 0.3) is 0 Å². The summed E-state index contributed by atoms with van der Waals surface area (Å²) in [6.07, 6.45) is 3.29. The summed E-state index contributed by atoms with van der Waals surface area (Å²) in [5.74, 6) is 0.952. The minimum atomic E-state index is 0.116. The predicted octanol–water partition coefficient (Wildman–Crippen LogP) is 2.56. The van der Waals surface area contributed by atoms with Crippen LogP contribution in [0.15, 0.2) is 24.3 Å². The molecule has 1 amide bonds. The van der Waals surface area contributed by atoms with Crippen LogP contribution in [-0.2, 0) is 16.0 Å². The van der Waals surface area contributed by atoms with Gasteiger partial charge >= 0.3 is 0 Å². The highest BCUT2D eigenvalue weighted by Gasteiger charge is 2.27. The Morgan fingerprint density at radius 2 is 2.14 bits per heavy atom. The van der Waals surface area contributed by atoms with Crippen LogP contribution in [0.4, 0.5) is 0 Å². The second-order valence-corrected chi connectivity index (χ2v) is 6.05. The van der Waals surface area contributed by atoms with Crippen molar-refractivity contribution in [1.29, 1.82) is 0 Å². The molecule has 0 atom stereocenters. The fourth-order valence-electron chi connectivity index (χ4n) is 2.53. The van der Waals surface area contributed by atoms with Gasteiger partial charge in [0.2, 0.25) is 5.91 Å². The molecule has 4 nitrogen and oxygen atoms in total. The zero-order valence-corrected chi connectivity index (χ0v) is 13.0. The van der Waals surface area contributed by atoms with E-state index in [2.05, 4.69) is 12.2 Å². The highest BCUT2D eigenvalue weighted by Crippen LogP contribution is 2.28. The van der Waals surface area contributed by atoms with Crippen LogP contribution in [-0.4, -0.2) is 32.8 Å². The molecule has 21 heavy (non-hydrogen) atoms. The molecule has 1 heterocycles. The van der Waals surface area contributed by atoms with E-state index < -0.39 is 0 Å². The number of hydrogen-bond donors (Lipinski definition) is 1. The Morgan fingerprint density at radius 3 is 2.86 bits per heavy atom. The first-order chi connectivity index (χ1) is 10.1. The number of ether oxygens (including phenoxy) is 2. The lowest BCUT2D eigenvalue weighted by atomic mass is 9.82. The number of amides is 1. The van der Waals surface area contributed by atoms with Crippen molar-refractivity contribution < 1.29 is 14.3 Å². The predicted molar refractivity (Wildman–Crippen MR) is 82.5 cm³/mol. The van der Waals surface area contributed by atoms with Crippen LogP contribution in [0.2, 0.25) is 0 Å².